The molecule has 0 fully saturated rings. The molecule has 3 rings (SSSR count). The largest absolute Gasteiger partial charge is 0.496 e. The van der Waals surface area contributed by atoms with E-state index in [1.54, 1.807) is 24.3 Å². The van der Waals surface area contributed by atoms with Gasteiger partial charge in [0.05, 0.1) is 24.5 Å². The molecule has 33 heavy (non-hydrogen) atoms. The number of ether oxygens (including phenoxy) is 1. The lowest BCUT2D eigenvalue weighted by Crippen LogP contribution is -2.18. The second-order valence-corrected chi connectivity index (χ2v) is 8.04. The summed E-state index contributed by atoms with van der Waals surface area (Å²) in [5, 5.41) is 3.82. The highest BCUT2D eigenvalue weighted by Gasteiger charge is 2.31. The third-order valence-electron chi connectivity index (χ3n) is 4.31. The standard InChI is InChI=1S/C22H17F3N2O5S/c1-31-20-9-5-3-7-18(20)21(28)27-26-14-15-6-2-4-8-19(15)32-33(29,30)17-12-10-16(11-13-17)22(23,24)25/h2-14H,1H3,(H,27,28). The SMILES string of the molecule is COc1ccccc1C(=O)NN=Cc1ccccc1OS(=O)(=O)c1ccc(C(F)(F)F)cc1. The van der Waals surface area contributed by atoms with E-state index in [1.165, 1.54) is 37.6 Å². The van der Waals surface area contributed by atoms with E-state index >= 15 is 0 Å². The van der Waals surface area contributed by atoms with E-state index in [9.17, 15) is 26.4 Å². The highest BCUT2D eigenvalue weighted by Crippen LogP contribution is 2.30. The van der Waals surface area contributed by atoms with Crippen LogP contribution in [-0.2, 0) is 16.3 Å². The smallest absolute Gasteiger partial charge is 0.416 e. The summed E-state index contributed by atoms with van der Waals surface area (Å²) in [5.74, 6) is -0.344. The number of nitrogens with one attached hydrogen (secondary N) is 1. The maximum absolute atomic E-state index is 12.7. The van der Waals surface area contributed by atoms with E-state index in [0.29, 0.717) is 17.9 Å². The molecule has 1 N–H and O–H groups in total. The fourth-order valence-electron chi connectivity index (χ4n) is 2.69. The summed E-state index contributed by atoms with van der Waals surface area (Å²) in [7, 11) is -3.01. The minimum absolute atomic E-state index is 0.132. The molecule has 3 aromatic carbocycles. The molecule has 0 atom stereocenters. The van der Waals surface area contributed by atoms with Gasteiger partial charge in [0.1, 0.15) is 10.6 Å². The summed E-state index contributed by atoms with van der Waals surface area (Å²) in [6.07, 6.45) is -3.43. The van der Waals surface area contributed by atoms with Gasteiger partial charge in [0.2, 0.25) is 0 Å². The van der Waals surface area contributed by atoms with Gasteiger partial charge in [0.25, 0.3) is 5.91 Å². The predicted octanol–water partition coefficient (Wildman–Crippen LogP) is 4.25. The second kappa shape index (κ2) is 9.74. The molecule has 0 radical (unpaired) electrons. The Morgan fingerprint density at radius 2 is 1.55 bits per heavy atom. The highest BCUT2D eigenvalue weighted by molar-refractivity contribution is 7.87. The van der Waals surface area contributed by atoms with Crippen molar-refractivity contribution in [1.29, 1.82) is 0 Å². The Labute approximate surface area is 187 Å². The number of nitrogens with zero attached hydrogens (tertiary/aromatic N) is 1. The molecular weight excluding hydrogens is 461 g/mol. The minimum Gasteiger partial charge on any atom is -0.496 e. The van der Waals surface area contributed by atoms with Crippen LogP contribution in [0.3, 0.4) is 0 Å². The summed E-state index contributed by atoms with van der Waals surface area (Å²) < 4.78 is 73.4. The van der Waals surface area contributed by atoms with Crippen LogP contribution in [0.25, 0.3) is 0 Å². The van der Waals surface area contributed by atoms with E-state index in [1.807, 2.05) is 0 Å². The van der Waals surface area contributed by atoms with Crippen molar-refractivity contribution in [3.05, 3.63) is 89.5 Å². The van der Waals surface area contributed by atoms with Crippen molar-refractivity contribution in [1.82, 2.24) is 5.43 Å². The van der Waals surface area contributed by atoms with Crippen molar-refractivity contribution in [2.45, 2.75) is 11.1 Å². The van der Waals surface area contributed by atoms with E-state index in [0.717, 1.165) is 12.1 Å². The first-order valence-corrected chi connectivity index (χ1v) is 10.7. The van der Waals surface area contributed by atoms with Crippen LogP contribution in [0.5, 0.6) is 11.5 Å². The molecule has 1 amide bonds. The second-order valence-electron chi connectivity index (χ2n) is 6.50. The number of benzene rings is 3. The first kappa shape index (κ1) is 23.8. The van der Waals surface area contributed by atoms with Gasteiger partial charge in [-0.25, -0.2) is 5.43 Å². The monoisotopic (exact) mass is 478 g/mol. The van der Waals surface area contributed by atoms with Gasteiger partial charge in [-0.3, -0.25) is 4.79 Å². The number of methoxy groups -OCH3 is 1. The fraction of sp³-hybridized carbons (Fsp3) is 0.0909. The molecule has 7 nitrogen and oxygen atoms in total. The maximum Gasteiger partial charge on any atom is 0.416 e. The number of halogens is 3. The predicted molar refractivity (Wildman–Crippen MR) is 114 cm³/mol. The number of hydrazone groups is 1. The normalized spacial score (nSPS) is 11.9. The topological polar surface area (TPSA) is 94.1 Å². The summed E-state index contributed by atoms with van der Waals surface area (Å²) >= 11 is 0. The first-order valence-electron chi connectivity index (χ1n) is 9.29. The lowest BCUT2D eigenvalue weighted by Gasteiger charge is -2.11. The zero-order valence-corrected chi connectivity index (χ0v) is 17.9. The van der Waals surface area contributed by atoms with Gasteiger partial charge in [-0.2, -0.15) is 26.7 Å². The van der Waals surface area contributed by atoms with Gasteiger partial charge in [0, 0.05) is 5.56 Å². The molecule has 0 aliphatic rings. The Bertz CT molecular complexity index is 1270. The molecule has 172 valence electrons. The van der Waals surface area contributed by atoms with E-state index in [2.05, 4.69) is 10.5 Å². The van der Waals surface area contributed by atoms with Crippen LogP contribution >= 0.6 is 0 Å². The van der Waals surface area contributed by atoms with Crippen LogP contribution < -0.4 is 14.3 Å². The Morgan fingerprint density at radius 3 is 2.18 bits per heavy atom. The number of amides is 1. The molecule has 0 aromatic heterocycles. The minimum atomic E-state index is -4.60. The summed E-state index contributed by atoms with van der Waals surface area (Å²) in [5.41, 5.74) is 1.76. The van der Waals surface area contributed by atoms with Crippen LogP contribution in [0.15, 0.2) is 82.8 Å². The van der Waals surface area contributed by atoms with Crippen molar-refractivity contribution in [3.8, 4) is 11.5 Å². The number of rotatable bonds is 7. The van der Waals surface area contributed by atoms with Crippen molar-refractivity contribution in [2.75, 3.05) is 7.11 Å². The Morgan fingerprint density at radius 1 is 0.939 bits per heavy atom. The molecule has 0 bridgehead atoms. The van der Waals surface area contributed by atoms with Gasteiger partial charge < -0.3 is 8.92 Å². The molecule has 3 aromatic rings. The van der Waals surface area contributed by atoms with Crippen molar-refractivity contribution in [2.24, 2.45) is 5.10 Å². The van der Waals surface area contributed by atoms with Crippen LogP contribution in [0.2, 0.25) is 0 Å². The number of hydrogen-bond acceptors (Lipinski definition) is 6. The van der Waals surface area contributed by atoms with Gasteiger partial charge in [0.15, 0.2) is 5.75 Å². The zero-order valence-electron chi connectivity index (χ0n) is 17.0. The number of carbonyl (C=O) groups is 1. The van der Waals surface area contributed by atoms with Gasteiger partial charge >= 0.3 is 16.3 Å². The molecule has 0 aliphatic heterocycles. The van der Waals surface area contributed by atoms with Crippen LogP contribution in [0.1, 0.15) is 21.5 Å². The maximum atomic E-state index is 12.7. The Balaban J connectivity index is 1.77. The van der Waals surface area contributed by atoms with Crippen molar-refractivity contribution in [3.63, 3.8) is 0 Å². The first-order chi connectivity index (χ1) is 15.6. The lowest BCUT2D eigenvalue weighted by molar-refractivity contribution is -0.137. The number of carbonyl (C=O) groups excluding carboxylic acids is 1. The molecule has 0 unspecified atom stereocenters. The zero-order chi connectivity index (χ0) is 24.1. The molecule has 11 heteroatoms. The van der Waals surface area contributed by atoms with Crippen LogP contribution in [-0.4, -0.2) is 27.6 Å². The Hall–Kier alpha value is -3.86. The summed E-state index contributed by atoms with van der Waals surface area (Å²) in [4.78, 5) is 11.8. The third kappa shape index (κ3) is 5.89. The number of para-hydroxylation sites is 2. The van der Waals surface area contributed by atoms with Crippen LogP contribution in [0, 0.1) is 0 Å². The van der Waals surface area contributed by atoms with Gasteiger partial charge in [-0.1, -0.05) is 24.3 Å². The third-order valence-corrected chi connectivity index (χ3v) is 5.56. The molecule has 0 saturated heterocycles. The van der Waals surface area contributed by atoms with Gasteiger partial charge in [-0.05, 0) is 48.5 Å². The lowest BCUT2D eigenvalue weighted by atomic mass is 10.2. The summed E-state index contributed by atoms with van der Waals surface area (Å²) in [6, 6.07) is 15.3. The van der Waals surface area contributed by atoms with Gasteiger partial charge in [-0.15, -0.1) is 0 Å². The molecule has 0 spiro atoms. The highest BCUT2D eigenvalue weighted by atomic mass is 32.2. The molecular formula is C22H17F3N2O5S. The molecule has 0 heterocycles. The quantitative estimate of drug-likeness (QED) is 0.311. The molecule has 0 saturated carbocycles. The number of hydrogen-bond donors (Lipinski definition) is 1. The number of alkyl halides is 3. The summed E-state index contributed by atoms with van der Waals surface area (Å²) in [6.45, 7) is 0. The van der Waals surface area contributed by atoms with Crippen molar-refractivity contribution >= 4 is 22.2 Å². The average molecular weight is 478 g/mol. The molecule has 0 aliphatic carbocycles. The van der Waals surface area contributed by atoms with Crippen LogP contribution in [0.4, 0.5) is 13.2 Å². The van der Waals surface area contributed by atoms with Crippen molar-refractivity contribution < 1.29 is 35.3 Å². The average Bonchev–Trinajstić information content (AvgIpc) is 2.79. The Kier molecular flexibility index (Phi) is 7.02. The van der Waals surface area contributed by atoms with E-state index in [4.69, 9.17) is 8.92 Å². The van der Waals surface area contributed by atoms with E-state index in [-0.39, 0.29) is 16.9 Å². The fourth-order valence-corrected chi connectivity index (χ4v) is 3.65. The van der Waals surface area contributed by atoms with E-state index < -0.39 is 32.7 Å².